The number of hydrogen-bond donors (Lipinski definition) is 3. The van der Waals surface area contributed by atoms with Gasteiger partial charge in [0, 0.05) is 7.05 Å². The highest BCUT2D eigenvalue weighted by atomic mass is 16.4. The number of carbonyl (C=O) groups excluding carboxylic acids is 1. The van der Waals surface area contributed by atoms with Gasteiger partial charge in [0.1, 0.15) is 5.54 Å². The largest absolute Gasteiger partial charge is 0.480 e. The van der Waals surface area contributed by atoms with Crippen molar-refractivity contribution in [3.63, 3.8) is 0 Å². The minimum Gasteiger partial charge on any atom is -0.480 e. The van der Waals surface area contributed by atoms with E-state index in [4.69, 9.17) is 0 Å². The third kappa shape index (κ3) is 5.17. The van der Waals surface area contributed by atoms with Crippen molar-refractivity contribution in [1.29, 1.82) is 0 Å². The summed E-state index contributed by atoms with van der Waals surface area (Å²) in [7, 11) is 1.53. The molecule has 2 atom stereocenters. The SMILES string of the molecule is CNC(=O)C(C)NC(C)(CCC(C)C)C(=O)O. The lowest BCUT2D eigenvalue weighted by Gasteiger charge is -2.30. The first kappa shape index (κ1) is 15.9. The van der Waals surface area contributed by atoms with Gasteiger partial charge in [-0.15, -0.1) is 0 Å². The van der Waals surface area contributed by atoms with Crippen molar-refractivity contribution in [2.24, 2.45) is 5.92 Å². The quantitative estimate of drug-likeness (QED) is 0.624. The van der Waals surface area contributed by atoms with Crippen LogP contribution in [0.15, 0.2) is 0 Å². The summed E-state index contributed by atoms with van der Waals surface area (Å²) in [4.78, 5) is 22.7. The highest BCUT2D eigenvalue weighted by Gasteiger charge is 2.35. The fourth-order valence-corrected chi connectivity index (χ4v) is 1.58. The lowest BCUT2D eigenvalue weighted by Crippen LogP contribution is -2.56. The standard InChI is InChI=1S/C12H24N2O3/c1-8(2)6-7-12(4,11(16)17)14-9(3)10(15)13-5/h8-9,14H,6-7H2,1-5H3,(H,13,15)(H,16,17). The van der Waals surface area contributed by atoms with E-state index in [2.05, 4.69) is 10.6 Å². The molecule has 0 saturated heterocycles. The molecule has 0 aromatic carbocycles. The minimum absolute atomic E-state index is 0.206. The minimum atomic E-state index is -1.06. The first-order valence-electron chi connectivity index (χ1n) is 5.95. The second-order valence-electron chi connectivity index (χ2n) is 5.05. The van der Waals surface area contributed by atoms with E-state index in [1.54, 1.807) is 13.8 Å². The Balaban J connectivity index is 4.61. The van der Waals surface area contributed by atoms with E-state index in [1.165, 1.54) is 7.05 Å². The Bertz CT molecular complexity index is 279. The predicted octanol–water partition coefficient (Wildman–Crippen LogP) is 0.990. The Morgan fingerprint density at radius 2 is 1.82 bits per heavy atom. The van der Waals surface area contributed by atoms with Crippen molar-refractivity contribution in [2.75, 3.05) is 7.05 Å². The third-order valence-corrected chi connectivity index (χ3v) is 2.87. The van der Waals surface area contributed by atoms with Gasteiger partial charge in [-0.05, 0) is 32.6 Å². The van der Waals surface area contributed by atoms with Crippen LogP contribution in [0.1, 0.15) is 40.5 Å². The zero-order valence-electron chi connectivity index (χ0n) is 11.3. The van der Waals surface area contributed by atoms with Crippen LogP contribution in [0.3, 0.4) is 0 Å². The monoisotopic (exact) mass is 244 g/mol. The van der Waals surface area contributed by atoms with Gasteiger partial charge in [-0.2, -0.15) is 0 Å². The van der Waals surface area contributed by atoms with Gasteiger partial charge in [0.05, 0.1) is 6.04 Å². The van der Waals surface area contributed by atoms with Crippen LogP contribution in [-0.2, 0) is 9.59 Å². The molecule has 0 aromatic rings. The molecule has 0 spiro atoms. The number of carbonyl (C=O) groups is 2. The normalized spacial score (nSPS) is 16.4. The topological polar surface area (TPSA) is 78.4 Å². The summed E-state index contributed by atoms with van der Waals surface area (Å²) in [5.74, 6) is -0.693. The second-order valence-corrected chi connectivity index (χ2v) is 5.05. The highest BCUT2D eigenvalue weighted by Crippen LogP contribution is 2.17. The summed E-state index contributed by atoms with van der Waals surface area (Å²) in [6.07, 6.45) is 1.30. The summed E-state index contributed by atoms with van der Waals surface area (Å²) in [6, 6.07) is -0.520. The fraction of sp³-hybridized carbons (Fsp3) is 0.833. The number of rotatable bonds is 7. The molecule has 5 heteroatoms. The number of carboxylic acid groups (broad SMARTS) is 1. The molecule has 17 heavy (non-hydrogen) atoms. The van der Waals surface area contributed by atoms with Gasteiger partial charge in [0.25, 0.3) is 0 Å². The molecule has 0 radical (unpaired) electrons. The third-order valence-electron chi connectivity index (χ3n) is 2.87. The van der Waals surface area contributed by atoms with Gasteiger partial charge < -0.3 is 10.4 Å². The average Bonchev–Trinajstić information content (AvgIpc) is 2.24. The van der Waals surface area contributed by atoms with Crippen molar-refractivity contribution in [2.45, 2.75) is 52.1 Å². The molecule has 0 fully saturated rings. The van der Waals surface area contributed by atoms with E-state index in [9.17, 15) is 14.7 Å². The number of likely N-dealkylation sites (N-methyl/N-ethyl adjacent to an activating group) is 1. The van der Waals surface area contributed by atoms with Gasteiger partial charge in [0.15, 0.2) is 0 Å². The zero-order chi connectivity index (χ0) is 13.6. The van der Waals surface area contributed by atoms with Crippen molar-refractivity contribution in [3.05, 3.63) is 0 Å². The molecule has 1 amide bonds. The molecule has 0 aromatic heterocycles. The summed E-state index contributed by atoms with van der Waals surface area (Å²) in [5, 5.41) is 14.6. The van der Waals surface area contributed by atoms with Crippen molar-refractivity contribution in [3.8, 4) is 0 Å². The number of aliphatic carboxylic acids is 1. The van der Waals surface area contributed by atoms with Crippen LogP contribution in [0, 0.1) is 5.92 Å². The van der Waals surface area contributed by atoms with Crippen LogP contribution in [0.5, 0.6) is 0 Å². The van der Waals surface area contributed by atoms with Gasteiger partial charge in [0.2, 0.25) is 5.91 Å². The zero-order valence-corrected chi connectivity index (χ0v) is 11.3. The van der Waals surface area contributed by atoms with Crippen LogP contribution in [0.4, 0.5) is 0 Å². The first-order valence-corrected chi connectivity index (χ1v) is 5.95. The van der Waals surface area contributed by atoms with Gasteiger partial charge >= 0.3 is 5.97 Å². The van der Waals surface area contributed by atoms with Crippen molar-refractivity contribution < 1.29 is 14.7 Å². The summed E-state index contributed by atoms with van der Waals surface area (Å²) < 4.78 is 0. The maximum atomic E-state index is 11.4. The van der Waals surface area contributed by atoms with E-state index in [0.29, 0.717) is 12.3 Å². The molecule has 0 aliphatic rings. The fourth-order valence-electron chi connectivity index (χ4n) is 1.58. The van der Waals surface area contributed by atoms with Crippen LogP contribution >= 0.6 is 0 Å². The molecule has 0 rings (SSSR count). The lowest BCUT2D eigenvalue weighted by molar-refractivity contribution is -0.145. The van der Waals surface area contributed by atoms with Gasteiger partial charge in [-0.3, -0.25) is 14.9 Å². The molecule has 0 saturated carbocycles. The average molecular weight is 244 g/mol. The molecule has 5 nitrogen and oxygen atoms in total. The molecular weight excluding hydrogens is 220 g/mol. The van der Waals surface area contributed by atoms with Crippen molar-refractivity contribution >= 4 is 11.9 Å². The Morgan fingerprint density at radius 3 is 2.18 bits per heavy atom. The van der Waals surface area contributed by atoms with E-state index >= 15 is 0 Å². The summed E-state index contributed by atoms with van der Waals surface area (Å²) >= 11 is 0. The summed E-state index contributed by atoms with van der Waals surface area (Å²) in [6.45, 7) is 7.38. The Morgan fingerprint density at radius 1 is 1.29 bits per heavy atom. The number of hydrogen-bond acceptors (Lipinski definition) is 3. The number of amides is 1. The first-order chi connectivity index (χ1) is 7.73. The van der Waals surface area contributed by atoms with Crippen molar-refractivity contribution in [1.82, 2.24) is 10.6 Å². The number of carboxylic acids is 1. The molecule has 0 aliphatic heterocycles. The molecule has 0 bridgehead atoms. The van der Waals surface area contributed by atoms with E-state index in [-0.39, 0.29) is 5.91 Å². The lowest BCUT2D eigenvalue weighted by atomic mass is 9.91. The molecule has 3 N–H and O–H groups in total. The molecule has 100 valence electrons. The van der Waals surface area contributed by atoms with Crippen LogP contribution in [0.25, 0.3) is 0 Å². The molecule has 0 heterocycles. The highest BCUT2D eigenvalue weighted by molar-refractivity contribution is 5.83. The van der Waals surface area contributed by atoms with E-state index in [0.717, 1.165) is 6.42 Å². The maximum Gasteiger partial charge on any atom is 0.323 e. The number of nitrogens with one attached hydrogen (secondary N) is 2. The summed E-state index contributed by atoms with van der Waals surface area (Å²) in [5.41, 5.74) is -1.06. The maximum absolute atomic E-state index is 11.4. The Kier molecular flexibility index (Phi) is 6.16. The Labute approximate surface area is 103 Å². The smallest absolute Gasteiger partial charge is 0.323 e. The molecule has 2 unspecified atom stereocenters. The van der Waals surface area contributed by atoms with Crippen LogP contribution in [-0.4, -0.2) is 35.6 Å². The predicted molar refractivity (Wildman–Crippen MR) is 66.8 cm³/mol. The van der Waals surface area contributed by atoms with Crippen LogP contribution in [0.2, 0.25) is 0 Å². The van der Waals surface area contributed by atoms with Gasteiger partial charge in [-0.1, -0.05) is 13.8 Å². The molecular formula is C12H24N2O3. The van der Waals surface area contributed by atoms with Gasteiger partial charge in [-0.25, -0.2) is 0 Å². The van der Waals surface area contributed by atoms with Crippen LogP contribution < -0.4 is 10.6 Å². The second kappa shape index (κ2) is 6.59. The molecule has 0 aliphatic carbocycles. The van der Waals surface area contributed by atoms with E-state index < -0.39 is 17.6 Å². The van der Waals surface area contributed by atoms with E-state index in [1.807, 2.05) is 13.8 Å². The Hall–Kier alpha value is -1.10.